The maximum Gasteiger partial charge on any atom is 0.269 e. The number of rotatable bonds is 4. The van der Waals surface area contributed by atoms with Gasteiger partial charge in [-0.2, -0.15) is 5.10 Å². The van der Waals surface area contributed by atoms with Crippen molar-refractivity contribution in [1.82, 2.24) is 15.2 Å². The lowest BCUT2D eigenvalue weighted by atomic mass is 10.0. The van der Waals surface area contributed by atoms with Crippen molar-refractivity contribution in [1.29, 1.82) is 0 Å². The van der Waals surface area contributed by atoms with E-state index >= 15 is 0 Å². The number of carbonyl (C=O) groups is 2. The van der Waals surface area contributed by atoms with Crippen molar-refractivity contribution >= 4 is 34.2 Å². The number of carbonyl (C=O) groups excluding carboxylic acids is 2. The number of ether oxygens (including phenoxy) is 1. The van der Waals surface area contributed by atoms with E-state index in [0.29, 0.717) is 22.5 Å². The monoisotopic (exact) mass is 415 g/mol. The Kier molecular flexibility index (Phi) is 4.00. The third kappa shape index (κ3) is 2.73. The van der Waals surface area contributed by atoms with Crippen LogP contribution >= 0.6 is 0 Å². The van der Waals surface area contributed by atoms with E-state index in [-0.39, 0.29) is 22.5 Å². The molecule has 0 unspecified atom stereocenters. The van der Waals surface area contributed by atoms with Crippen molar-refractivity contribution in [2.45, 2.75) is 0 Å². The quantitative estimate of drug-likeness (QED) is 0.307. The number of benzene rings is 2. The molecule has 4 aromatic rings. The Morgan fingerprint density at radius 1 is 1.03 bits per heavy atom. The molecule has 0 bridgehead atoms. The summed E-state index contributed by atoms with van der Waals surface area (Å²) in [6.07, 6.45) is 1.32. The zero-order valence-electron chi connectivity index (χ0n) is 16.0. The lowest BCUT2D eigenvalue weighted by Gasteiger charge is -2.13. The van der Waals surface area contributed by atoms with Gasteiger partial charge in [-0.15, -0.1) is 0 Å². The number of hydrogen-bond donors (Lipinski definition) is 1. The summed E-state index contributed by atoms with van der Waals surface area (Å²) in [5.74, 6) is -0.422. The van der Waals surface area contributed by atoms with Gasteiger partial charge in [-0.1, -0.05) is 0 Å². The molecule has 1 N–H and O–H groups in total. The van der Waals surface area contributed by atoms with Crippen LogP contribution in [0.1, 0.15) is 20.7 Å². The van der Waals surface area contributed by atoms with Crippen LogP contribution in [-0.2, 0) is 0 Å². The Morgan fingerprint density at radius 2 is 1.74 bits per heavy atom. The summed E-state index contributed by atoms with van der Waals surface area (Å²) in [4.78, 5) is 41.9. The Bertz CT molecular complexity index is 1380. The number of nitro benzene ring substituents is 1. The predicted octanol–water partition coefficient (Wildman–Crippen LogP) is 3.34. The third-order valence-corrected chi connectivity index (χ3v) is 5.13. The van der Waals surface area contributed by atoms with Crippen LogP contribution in [0, 0.1) is 10.1 Å². The summed E-state index contributed by atoms with van der Waals surface area (Å²) < 4.78 is 5.18. The van der Waals surface area contributed by atoms with Crippen LogP contribution in [0.15, 0.2) is 54.7 Å². The first kappa shape index (κ1) is 18.4. The molecule has 1 aliphatic rings. The van der Waals surface area contributed by atoms with Gasteiger partial charge in [-0.05, 0) is 36.4 Å². The van der Waals surface area contributed by atoms with Gasteiger partial charge >= 0.3 is 0 Å². The third-order valence-electron chi connectivity index (χ3n) is 5.13. The van der Waals surface area contributed by atoms with E-state index < -0.39 is 16.7 Å². The number of pyridine rings is 1. The number of aromatic nitrogens is 3. The molecule has 0 saturated heterocycles. The van der Waals surface area contributed by atoms with Crippen molar-refractivity contribution in [3.8, 4) is 17.0 Å². The Balaban J connectivity index is 1.64. The number of fused-ring (bicyclic) bond motifs is 3. The molecule has 5 rings (SSSR count). The lowest BCUT2D eigenvalue weighted by Crippen LogP contribution is -2.29. The summed E-state index contributed by atoms with van der Waals surface area (Å²) in [7, 11) is 1.56. The fourth-order valence-electron chi connectivity index (χ4n) is 3.62. The molecule has 10 heteroatoms. The van der Waals surface area contributed by atoms with Crippen molar-refractivity contribution in [3.05, 3.63) is 76.0 Å². The van der Waals surface area contributed by atoms with Gasteiger partial charge in [0, 0.05) is 23.9 Å². The van der Waals surface area contributed by atoms with E-state index in [0.717, 1.165) is 10.5 Å². The van der Waals surface area contributed by atoms with Crippen LogP contribution in [0.3, 0.4) is 0 Å². The molecule has 0 saturated carbocycles. The zero-order valence-corrected chi connectivity index (χ0v) is 16.0. The first-order valence-electron chi connectivity index (χ1n) is 9.14. The van der Waals surface area contributed by atoms with Gasteiger partial charge in [-0.25, -0.2) is 9.88 Å². The zero-order chi connectivity index (χ0) is 21.7. The highest BCUT2D eigenvalue weighted by molar-refractivity contribution is 6.38. The topological polar surface area (TPSA) is 131 Å². The van der Waals surface area contributed by atoms with E-state index in [1.54, 1.807) is 31.4 Å². The summed E-state index contributed by atoms with van der Waals surface area (Å²) in [6, 6.07) is 12.4. The summed E-state index contributed by atoms with van der Waals surface area (Å²) in [5.41, 5.74) is 2.03. The van der Waals surface area contributed by atoms with Gasteiger partial charge in [0.1, 0.15) is 5.75 Å². The molecular weight excluding hydrogens is 402 g/mol. The average Bonchev–Trinajstić information content (AvgIpc) is 3.33. The van der Waals surface area contributed by atoms with Crippen molar-refractivity contribution in [2.75, 3.05) is 12.0 Å². The molecular formula is C21H13N5O5. The van der Waals surface area contributed by atoms with Gasteiger partial charge in [0.15, 0.2) is 5.65 Å². The first-order chi connectivity index (χ1) is 15.0. The first-order valence-corrected chi connectivity index (χ1v) is 9.14. The van der Waals surface area contributed by atoms with E-state index in [1.165, 1.54) is 30.5 Å². The number of H-pyrrole nitrogens is 1. The normalized spacial score (nSPS) is 13.0. The SMILES string of the molecule is COc1ccc(-c2[nH]nc3ncc4c(c23)C(=O)N(c2ccc([N+](=O)[O-])cc2)C4=O)cc1. The Hall–Kier alpha value is -4.60. The summed E-state index contributed by atoms with van der Waals surface area (Å²) in [5, 5.41) is 18.4. The molecule has 2 aromatic carbocycles. The van der Waals surface area contributed by atoms with Gasteiger partial charge in [0.2, 0.25) is 0 Å². The van der Waals surface area contributed by atoms with Gasteiger partial charge in [0.05, 0.1) is 39.9 Å². The second kappa shape index (κ2) is 6.73. The number of nitro groups is 1. The molecule has 2 aromatic heterocycles. The van der Waals surface area contributed by atoms with Gasteiger partial charge in [0.25, 0.3) is 17.5 Å². The molecule has 0 aliphatic carbocycles. The van der Waals surface area contributed by atoms with Crippen LogP contribution < -0.4 is 9.64 Å². The number of methoxy groups -OCH3 is 1. The van der Waals surface area contributed by atoms with Gasteiger partial charge in [-0.3, -0.25) is 24.8 Å². The fraction of sp³-hybridized carbons (Fsp3) is 0.0476. The fourth-order valence-corrected chi connectivity index (χ4v) is 3.62. The van der Waals surface area contributed by atoms with E-state index in [1.807, 2.05) is 0 Å². The minimum atomic E-state index is -0.551. The van der Waals surface area contributed by atoms with Crippen LogP contribution in [-0.4, -0.2) is 39.0 Å². The number of aromatic amines is 1. The number of anilines is 1. The van der Waals surface area contributed by atoms with E-state index in [9.17, 15) is 19.7 Å². The van der Waals surface area contributed by atoms with Crippen LogP contribution in [0.5, 0.6) is 5.75 Å². The number of imide groups is 1. The molecule has 3 heterocycles. The highest BCUT2D eigenvalue weighted by Crippen LogP contribution is 2.37. The molecule has 0 atom stereocenters. The van der Waals surface area contributed by atoms with E-state index in [2.05, 4.69) is 15.2 Å². The maximum atomic E-state index is 13.3. The van der Waals surface area contributed by atoms with Crippen LogP contribution in [0.4, 0.5) is 11.4 Å². The lowest BCUT2D eigenvalue weighted by molar-refractivity contribution is -0.384. The predicted molar refractivity (Wildman–Crippen MR) is 110 cm³/mol. The number of amides is 2. The Labute approximate surface area is 174 Å². The maximum absolute atomic E-state index is 13.3. The number of nitrogens with zero attached hydrogens (tertiary/aromatic N) is 4. The highest BCUT2D eigenvalue weighted by atomic mass is 16.6. The minimum absolute atomic E-state index is 0.138. The summed E-state index contributed by atoms with van der Waals surface area (Å²) in [6.45, 7) is 0. The average molecular weight is 415 g/mol. The number of hydrogen-bond acceptors (Lipinski definition) is 7. The molecule has 2 amide bonds. The summed E-state index contributed by atoms with van der Waals surface area (Å²) >= 11 is 0. The molecule has 31 heavy (non-hydrogen) atoms. The second-order valence-corrected chi connectivity index (χ2v) is 6.79. The minimum Gasteiger partial charge on any atom is -0.497 e. The molecule has 1 aliphatic heterocycles. The molecule has 152 valence electrons. The Morgan fingerprint density at radius 3 is 2.39 bits per heavy atom. The molecule has 10 nitrogen and oxygen atoms in total. The second-order valence-electron chi connectivity index (χ2n) is 6.79. The number of non-ortho nitro benzene ring substituents is 1. The van der Waals surface area contributed by atoms with E-state index in [4.69, 9.17) is 4.74 Å². The van der Waals surface area contributed by atoms with Crippen LogP contribution in [0.2, 0.25) is 0 Å². The van der Waals surface area contributed by atoms with Gasteiger partial charge < -0.3 is 4.74 Å². The molecule has 0 spiro atoms. The van der Waals surface area contributed by atoms with Crippen molar-refractivity contribution < 1.29 is 19.2 Å². The molecule has 0 fully saturated rings. The smallest absolute Gasteiger partial charge is 0.269 e. The van der Waals surface area contributed by atoms with Crippen molar-refractivity contribution in [2.24, 2.45) is 0 Å². The molecule has 0 radical (unpaired) electrons. The standard InChI is InChI=1S/C21H13N5O5/c1-31-14-8-2-11(3-9-14)18-17-16-15(10-22-19(17)24-23-18)20(27)25(21(16)28)12-4-6-13(7-5-12)26(29)30/h2-10H,1H3,(H,22,23,24). The van der Waals surface area contributed by atoms with Crippen molar-refractivity contribution in [3.63, 3.8) is 0 Å². The largest absolute Gasteiger partial charge is 0.497 e. The number of nitrogens with one attached hydrogen (secondary N) is 1. The highest BCUT2D eigenvalue weighted by Gasteiger charge is 2.40. The van der Waals surface area contributed by atoms with Crippen LogP contribution in [0.25, 0.3) is 22.3 Å².